The standard InChI is InChI=1S/C18H18N10O2S/c1-31(29,30)27-4-2-14(3-5-27)24-15-7-17(21-11-16(15)25-26-20)28-18-13(10-23-28)6-12(8-19)9-22-18/h6-7,9-11,14H,2-5H2,1H3,(H,21,24). The topological polar surface area (TPSA) is 166 Å². The Labute approximate surface area is 177 Å². The van der Waals surface area contributed by atoms with E-state index in [0.717, 1.165) is 0 Å². The zero-order chi connectivity index (χ0) is 22.0. The summed E-state index contributed by atoms with van der Waals surface area (Å²) in [7, 11) is -3.21. The molecule has 0 radical (unpaired) electrons. The molecule has 0 saturated carbocycles. The van der Waals surface area contributed by atoms with Crippen LogP contribution in [0.5, 0.6) is 0 Å². The van der Waals surface area contributed by atoms with Gasteiger partial charge in [0.1, 0.15) is 6.07 Å². The Bertz CT molecular complexity index is 1330. The molecule has 0 bridgehead atoms. The summed E-state index contributed by atoms with van der Waals surface area (Å²) in [6.07, 6.45) is 6.94. The molecule has 0 amide bonds. The van der Waals surface area contributed by atoms with E-state index in [9.17, 15) is 8.42 Å². The lowest BCUT2D eigenvalue weighted by Gasteiger charge is -2.31. The fourth-order valence-electron chi connectivity index (χ4n) is 3.50. The maximum Gasteiger partial charge on any atom is 0.211 e. The lowest BCUT2D eigenvalue weighted by molar-refractivity contribution is 0.332. The average molecular weight is 438 g/mol. The van der Waals surface area contributed by atoms with Gasteiger partial charge in [-0.05, 0) is 24.4 Å². The largest absolute Gasteiger partial charge is 0.382 e. The molecule has 3 aromatic rings. The number of sulfonamides is 1. The highest BCUT2D eigenvalue weighted by Gasteiger charge is 2.25. The van der Waals surface area contributed by atoms with Crippen LogP contribution < -0.4 is 5.32 Å². The molecule has 1 aliphatic rings. The third-order valence-electron chi connectivity index (χ3n) is 5.06. The number of hydrogen-bond donors (Lipinski definition) is 1. The molecule has 3 aromatic heterocycles. The molecule has 31 heavy (non-hydrogen) atoms. The molecule has 4 heterocycles. The molecule has 13 heteroatoms. The number of rotatable bonds is 5. The second kappa shape index (κ2) is 8.19. The van der Waals surface area contributed by atoms with E-state index < -0.39 is 10.0 Å². The number of piperidine rings is 1. The Hall–Kier alpha value is -3.72. The van der Waals surface area contributed by atoms with Crippen LogP contribution in [0.3, 0.4) is 0 Å². The maximum absolute atomic E-state index is 11.7. The lowest BCUT2D eigenvalue weighted by Crippen LogP contribution is -2.41. The summed E-state index contributed by atoms with van der Waals surface area (Å²) in [4.78, 5) is 11.5. The first kappa shape index (κ1) is 20.5. The average Bonchev–Trinajstić information content (AvgIpc) is 3.18. The first-order valence-corrected chi connectivity index (χ1v) is 11.2. The number of pyridine rings is 2. The van der Waals surface area contributed by atoms with Crippen molar-refractivity contribution in [2.75, 3.05) is 24.7 Å². The van der Waals surface area contributed by atoms with Crippen LogP contribution in [0.15, 0.2) is 35.8 Å². The molecule has 0 spiro atoms. The number of nitriles is 1. The van der Waals surface area contributed by atoms with E-state index in [1.165, 1.54) is 27.6 Å². The number of anilines is 1. The third-order valence-corrected chi connectivity index (χ3v) is 6.36. The highest BCUT2D eigenvalue weighted by Crippen LogP contribution is 2.29. The normalized spacial score (nSPS) is 15.4. The van der Waals surface area contributed by atoms with Gasteiger partial charge in [0.15, 0.2) is 11.5 Å². The molecule has 4 rings (SSSR count). The molecule has 158 valence electrons. The Morgan fingerprint density at radius 2 is 2.03 bits per heavy atom. The highest BCUT2D eigenvalue weighted by molar-refractivity contribution is 7.88. The molecule has 0 aliphatic carbocycles. The van der Waals surface area contributed by atoms with Crippen molar-refractivity contribution in [3.05, 3.63) is 46.7 Å². The predicted molar refractivity (Wildman–Crippen MR) is 113 cm³/mol. The second-order valence-electron chi connectivity index (χ2n) is 7.13. The lowest BCUT2D eigenvalue weighted by atomic mass is 10.1. The molecular formula is C18H18N10O2S. The van der Waals surface area contributed by atoms with Crippen molar-refractivity contribution < 1.29 is 8.42 Å². The fraction of sp³-hybridized carbons (Fsp3) is 0.333. The van der Waals surface area contributed by atoms with Gasteiger partial charge in [-0.15, -0.1) is 0 Å². The summed E-state index contributed by atoms with van der Waals surface area (Å²) >= 11 is 0. The van der Waals surface area contributed by atoms with E-state index in [1.54, 1.807) is 18.3 Å². The van der Waals surface area contributed by atoms with Crippen molar-refractivity contribution in [3.63, 3.8) is 0 Å². The molecule has 12 nitrogen and oxygen atoms in total. The SMILES string of the molecule is CS(=O)(=O)N1CCC(Nc2cc(-n3ncc4cc(C#N)cnc43)ncc2N=[N+]=[N-])CC1. The summed E-state index contributed by atoms with van der Waals surface area (Å²) < 4.78 is 26.4. The molecule has 0 atom stereocenters. The van der Waals surface area contributed by atoms with Crippen molar-refractivity contribution >= 4 is 32.4 Å². The number of hydrogen-bond acceptors (Lipinski definition) is 8. The maximum atomic E-state index is 11.7. The van der Waals surface area contributed by atoms with E-state index >= 15 is 0 Å². The number of fused-ring (bicyclic) bond motifs is 1. The fourth-order valence-corrected chi connectivity index (χ4v) is 4.37. The first-order chi connectivity index (χ1) is 14.9. The molecule has 0 unspecified atom stereocenters. The summed E-state index contributed by atoms with van der Waals surface area (Å²) in [6, 6.07) is 5.45. The van der Waals surface area contributed by atoms with Gasteiger partial charge in [0.05, 0.1) is 23.7 Å². The molecular weight excluding hydrogens is 420 g/mol. The molecule has 0 aromatic carbocycles. The van der Waals surface area contributed by atoms with Crippen LogP contribution in [0.4, 0.5) is 11.4 Å². The van der Waals surface area contributed by atoms with E-state index in [0.29, 0.717) is 59.7 Å². The quantitative estimate of drug-likeness (QED) is 0.363. The number of nitrogens with one attached hydrogen (secondary N) is 1. The van der Waals surface area contributed by atoms with Gasteiger partial charge in [-0.2, -0.15) is 15.0 Å². The minimum Gasteiger partial charge on any atom is -0.382 e. The van der Waals surface area contributed by atoms with Crippen molar-refractivity contribution in [1.29, 1.82) is 5.26 Å². The number of azide groups is 1. The number of aromatic nitrogens is 4. The number of nitrogens with zero attached hydrogens (tertiary/aromatic N) is 9. The van der Waals surface area contributed by atoms with Crippen LogP contribution in [-0.2, 0) is 10.0 Å². The molecule has 1 fully saturated rings. The van der Waals surface area contributed by atoms with Crippen LogP contribution in [0.25, 0.3) is 27.3 Å². The van der Waals surface area contributed by atoms with Gasteiger partial charge in [0.2, 0.25) is 10.0 Å². The highest BCUT2D eigenvalue weighted by atomic mass is 32.2. The predicted octanol–water partition coefficient (Wildman–Crippen LogP) is 2.46. The van der Waals surface area contributed by atoms with Gasteiger partial charge in [-0.1, -0.05) is 5.11 Å². The van der Waals surface area contributed by atoms with Gasteiger partial charge >= 0.3 is 0 Å². The molecule has 1 saturated heterocycles. The van der Waals surface area contributed by atoms with Gasteiger partial charge in [-0.25, -0.2) is 22.7 Å². The van der Waals surface area contributed by atoms with Crippen molar-refractivity contribution in [2.45, 2.75) is 18.9 Å². The van der Waals surface area contributed by atoms with E-state index in [4.69, 9.17) is 10.8 Å². The Morgan fingerprint density at radius 3 is 2.71 bits per heavy atom. The second-order valence-corrected chi connectivity index (χ2v) is 9.12. The van der Waals surface area contributed by atoms with E-state index in [-0.39, 0.29) is 6.04 Å². The summed E-state index contributed by atoms with van der Waals surface area (Å²) in [5, 5.41) is 21.1. The zero-order valence-electron chi connectivity index (χ0n) is 16.5. The van der Waals surface area contributed by atoms with E-state index in [1.807, 2.05) is 6.07 Å². The molecule has 1 aliphatic heterocycles. The van der Waals surface area contributed by atoms with Gasteiger partial charge in [-0.3, -0.25) is 0 Å². The van der Waals surface area contributed by atoms with Crippen LogP contribution >= 0.6 is 0 Å². The van der Waals surface area contributed by atoms with Crippen molar-refractivity contribution in [2.24, 2.45) is 5.11 Å². The third kappa shape index (κ3) is 4.26. The minimum atomic E-state index is -3.21. The smallest absolute Gasteiger partial charge is 0.211 e. The first-order valence-electron chi connectivity index (χ1n) is 9.40. The minimum absolute atomic E-state index is 0.00608. The monoisotopic (exact) mass is 438 g/mol. The van der Waals surface area contributed by atoms with Crippen molar-refractivity contribution in [3.8, 4) is 11.9 Å². The molecule has 1 N–H and O–H groups in total. The zero-order valence-corrected chi connectivity index (χ0v) is 17.4. The summed E-state index contributed by atoms with van der Waals surface area (Å²) in [5.41, 5.74) is 10.8. The van der Waals surface area contributed by atoms with Gasteiger partial charge in [0, 0.05) is 53.6 Å². The van der Waals surface area contributed by atoms with Crippen LogP contribution in [0.1, 0.15) is 18.4 Å². The van der Waals surface area contributed by atoms with Gasteiger partial charge < -0.3 is 5.32 Å². The van der Waals surface area contributed by atoms with Crippen LogP contribution in [0.2, 0.25) is 0 Å². The summed E-state index contributed by atoms with van der Waals surface area (Å²) in [5.74, 6) is 0.458. The van der Waals surface area contributed by atoms with E-state index in [2.05, 4.69) is 30.4 Å². The van der Waals surface area contributed by atoms with Crippen LogP contribution in [-0.4, -0.2) is 57.9 Å². The summed E-state index contributed by atoms with van der Waals surface area (Å²) in [6.45, 7) is 0.834. The van der Waals surface area contributed by atoms with Crippen LogP contribution in [0, 0.1) is 11.3 Å². The van der Waals surface area contributed by atoms with Gasteiger partial charge in [0.25, 0.3) is 0 Å². The van der Waals surface area contributed by atoms with Crippen molar-refractivity contribution in [1.82, 2.24) is 24.1 Å². The Balaban J connectivity index is 1.64. The Morgan fingerprint density at radius 1 is 1.26 bits per heavy atom. The Kier molecular flexibility index (Phi) is 5.43.